The molecule has 0 aromatic heterocycles. The molecule has 16 heavy (non-hydrogen) atoms. The van der Waals surface area contributed by atoms with Gasteiger partial charge in [0.15, 0.2) is 0 Å². The average molecular weight is 289 g/mol. The van der Waals surface area contributed by atoms with Gasteiger partial charge in [-0.3, -0.25) is 9.59 Å². The predicted molar refractivity (Wildman–Crippen MR) is 60.2 cm³/mol. The van der Waals surface area contributed by atoms with Crippen LogP contribution in [0.25, 0.3) is 0 Å². The Labute approximate surface area is 100 Å². The molecule has 0 heterocycles. The van der Waals surface area contributed by atoms with Gasteiger partial charge in [0.05, 0.1) is 5.56 Å². The van der Waals surface area contributed by atoms with Gasteiger partial charge in [-0.2, -0.15) is 0 Å². The molecule has 0 aliphatic rings. The van der Waals surface area contributed by atoms with E-state index in [1.807, 2.05) is 0 Å². The molecule has 1 atom stereocenters. The molecule has 4 nitrogen and oxygen atoms in total. The first-order chi connectivity index (χ1) is 7.41. The van der Waals surface area contributed by atoms with Gasteiger partial charge in [0, 0.05) is 4.47 Å². The molecule has 0 aliphatic heterocycles. The van der Waals surface area contributed by atoms with E-state index in [0.29, 0.717) is 4.47 Å². The van der Waals surface area contributed by atoms with Crippen molar-refractivity contribution in [2.24, 2.45) is 5.73 Å². The smallest absolute Gasteiger partial charge is 0.254 e. The first kappa shape index (κ1) is 12.6. The number of nitrogens with two attached hydrogens (primary N) is 1. The first-order valence-corrected chi connectivity index (χ1v) is 5.26. The van der Waals surface area contributed by atoms with Crippen molar-refractivity contribution in [3.8, 4) is 0 Å². The van der Waals surface area contributed by atoms with Gasteiger partial charge in [0.2, 0.25) is 5.91 Å². The Bertz CT molecular complexity index is 437. The Morgan fingerprint density at radius 1 is 1.50 bits per heavy atom. The molecular formula is C10H10BrFN2O2. The second kappa shape index (κ2) is 5.07. The zero-order valence-corrected chi connectivity index (χ0v) is 10.0. The Morgan fingerprint density at radius 2 is 2.12 bits per heavy atom. The third kappa shape index (κ3) is 3.03. The van der Waals surface area contributed by atoms with Crippen molar-refractivity contribution in [3.63, 3.8) is 0 Å². The highest BCUT2D eigenvalue weighted by molar-refractivity contribution is 9.10. The van der Waals surface area contributed by atoms with E-state index >= 15 is 0 Å². The fraction of sp³-hybridized carbons (Fsp3) is 0.200. The SMILES string of the molecule is CC(NC(=O)c1cc(Br)ccc1F)C(N)=O. The van der Waals surface area contributed by atoms with Gasteiger partial charge >= 0.3 is 0 Å². The van der Waals surface area contributed by atoms with Crippen molar-refractivity contribution in [1.82, 2.24) is 5.32 Å². The van der Waals surface area contributed by atoms with Gasteiger partial charge < -0.3 is 11.1 Å². The molecular weight excluding hydrogens is 279 g/mol. The molecule has 86 valence electrons. The van der Waals surface area contributed by atoms with Crippen molar-refractivity contribution >= 4 is 27.7 Å². The van der Waals surface area contributed by atoms with Gasteiger partial charge in [0.1, 0.15) is 11.9 Å². The summed E-state index contributed by atoms with van der Waals surface area (Å²) < 4.78 is 13.8. The van der Waals surface area contributed by atoms with Crippen molar-refractivity contribution in [3.05, 3.63) is 34.1 Å². The van der Waals surface area contributed by atoms with Crippen molar-refractivity contribution in [2.45, 2.75) is 13.0 Å². The summed E-state index contributed by atoms with van der Waals surface area (Å²) in [6, 6.07) is 3.13. The number of benzene rings is 1. The van der Waals surface area contributed by atoms with Crippen LogP contribution in [0, 0.1) is 5.82 Å². The summed E-state index contributed by atoms with van der Waals surface area (Å²) in [6.45, 7) is 1.43. The molecule has 0 aliphatic carbocycles. The van der Waals surface area contributed by atoms with E-state index in [0.717, 1.165) is 6.07 Å². The molecule has 2 amide bonds. The van der Waals surface area contributed by atoms with E-state index in [4.69, 9.17) is 5.73 Å². The lowest BCUT2D eigenvalue weighted by Crippen LogP contribution is -2.42. The molecule has 1 aromatic carbocycles. The number of carbonyl (C=O) groups is 2. The van der Waals surface area contributed by atoms with Crippen LogP contribution in [0.15, 0.2) is 22.7 Å². The zero-order chi connectivity index (χ0) is 12.3. The number of hydrogen-bond donors (Lipinski definition) is 2. The van der Waals surface area contributed by atoms with Crippen LogP contribution in [-0.2, 0) is 4.79 Å². The van der Waals surface area contributed by atoms with Crippen molar-refractivity contribution in [1.29, 1.82) is 0 Å². The second-order valence-corrected chi connectivity index (χ2v) is 4.14. The molecule has 0 fully saturated rings. The summed E-state index contributed by atoms with van der Waals surface area (Å²) in [5, 5.41) is 2.29. The van der Waals surface area contributed by atoms with Gasteiger partial charge in [-0.15, -0.1) is 0 Å². The quantitative estimate of drug-likeness (QED) is 0.877. The van der Waals surface area contributed by atoms with Gasteiger partial charge in [-0.1, -0.05) is 15.9 Å². The molecule has 0 saturated carbocycles. The van der Waals surface area contributed by atoms with Crippen LogP contribution in [0.5, 0.6) is 0 Å². The fourth-order valence-electron chi connectivity index (χ4n) is 1.02. The summed E-state index contributed by atoms with van der Waals surface area (Å²) in [7, 11) is 0. The van der Waals surface area contributed by atoms with Crippen LogP contribution in [0.3, 0.4) is 0 Å². The minimum absolute atomic E-state index is 0.137. The fourth-order valence-corrected chi connectivity index (χ4v) is 1.38. The summed E-state index contributed by atoms with van der Waals surface area (Å²) >= 11 is 3.12. The lowest BCUT2D eigenvalue weighted by molar-refractivity contribution is -0.119. The maximum absolute atomic E-state index is 13.3. The normalized spacial score (nSPS) is 11.9. The highest BCUT2D eigenvalue weighted by Crippen LogP contribution is 2.15. The maximum Gasteiger partial charge on any atom is 0.254 e. The standard InChI is InChI=1S/C10H10BrFN2O2/c1-5(9(13)15)14-10(16)7-4-6(11)2-3-8(7)12/h2-5H,1H3,(H2,13,15)(H,14,16). The molecule has 1 aromatic rings. The Hall–Kier alpha value is -1.43. The molecule has 0 spiro atoms. The van der Waals surface area contributed by atoms with Crippen molar-refractivity contribution < 1.29 is 14.0 Å². The minimum Gasteiger partial charge on any atom is -0.368 e. The second-order valence-electron chi connectivity index (χ2n) is 3.22. The van der Waals surface area contributed by atoms with Gasteiger partial charge in [-0.25, -0.2) is 4.39 Å². The number of hydrogen-bond acceptors (Lipinski definition) is 2. The number of amides is 2. The number of nitrogens with one attached hydrogen (secondary N) is 1. The van der Waals surface area contributed by atoms with Gasteiger partial charge in [-0.05, 0) is 25.1 Å². The minimum atomic E-state index is -0.842. The third-order valence-corrected chi connectivity index (χ3v) is 2.44. The molecule has 0 bridgehead atoms. The monoisotopic (exact) mass is 288 g/mol. The van der Waals surface area contributed by atoms with Crippen LogP contribution >= 0.6 is 15.9 Å². The van der Waals surface area contributed by atoms with E-state index < -0.39 is 23.7 Å². The van der Waals surface area contributed by atoms with E-state index in [-0.39, 0.29) is 5.56 Å². The largest absolute Gasteiger partial charge is 0.368 e. The zero-order valence-electron chi connectivity index (χ0n) is 8.46. The number of primary amides is 1. The third-order valence-electron chi connectivity index (χ3n) is 1.95. The summed E-state index contributed by atoms with van der Waals surface area (Å²) in [4.78, 5) is 22.3. The van der Waals surface area contributed by atoms with Gasteiger partial charge in [0.25, 0.3) is 5.91 Å². The topological polar surface area (TPSA) is 72.2 Å². The van der Waals surface area contributed by atoms with Crippen molar-refractivity contribution in [2.75, 3.05) is 0 Å². The molecule has 1 rings (SSSR count). The molecule has 3 N–H and O–H groups in total. The van der Waals surface area contributed by atoms with Crippen LogP contribution in [-0.4, -0.2) is 17.9 Å². The summed E-state index contributed by atoms with van der Waals surface area (Å²) in [5.74, 6) is -2.01. The number of carbonyl (C=O) groups excluding carboxylic acids is 2. The highest BCUT2D eigenvalue weighted by Gasteiger charge is 2.16. The molecule has 0 radical (unpaired) electrons. The van der Waals surface area contributed by atoms with E-state index in [9.17, 15) is 14.0 Å². The molecule has 0 saturated heterocycles. The van der Waals surface area contributed by atoms with E-state index in [2.05, 4.69) is 21.2 Å². The average Bonchev–Trinajstić information content (AvgIpc) is 2.21. The predicted octanol–water partition coefficient (Wildman–Crippen LogP) is 1.19. The molecule has 1 unspecified atom stereocenters. The van der Waals surface area contributed by atoms with Crippen LogP contribution in [0.4, 0.5) is 4.39 Å². The lowest BCUT2D eigenvalue weighted by Gasteiger charge is -2.10. The van der Waals surface area contributed by atoms with Crippen LogP contribution in [0.2, 0.25) is 0 Å². The Balaban J connectivity index is 2.88. The number of rotatable bonds is 3. The maximum atomic E-state index is 13.3. The Morgan fingerprint density at radius 3 is 2.69 bits per heavy atom. The first-order valence-electron chi connectivity index (χ1n) is 4.47. The summed E-state index contributed by atoms with van der Waals surface area (Å²) in [5.41, 5.74) is 4.84. The van der Waals surface area contributed by atoms with Crippen LogP contribution in [0.1, 0.15) is 17.3 Å². The molecule has 6 heteroatoms. The highest BCUT2D eigenvalue weighted by atomic mass is 79.9. The van der Waals surface area contributed by atoms with E-state index in [1.165, 1.54) is 19.1 Å². The Kier molecular flexibility index (Phi) is 4.00. The summed E-state index contributed by atoms with van der Waals surface area (Å²) in [6.07, 6.45) is 0. The van der Waals surface area contributed by atoms with Crippen LogP contribution < -0.4 is 11.1 Å². The lowest BCUT2D eigenvalue weighted by atomic mass is 10.2. The van der Waals surface area contributed by atoms with E-state index in [1.54, 1.807) is 0 Å². The number of halogens is 2.